The van der Waals surface area contributed by atoms with Crippen LogP contribution in [0.3, 0.4) is 0 Å². The highest BCUT2D eigenvalue weighted by Gasteiger charge is 2.57. The normalized spacial score (nSPS) is 31.2. The van der Waals surface area contributed by atoms with E-state index >= 15 is 0 Å². The average molecular weight is 430 g/mol. The van der Waals surface area contributed by atoms with Crippen LogP contribution in [0.1, 0.15) is 18.0 Å². The molecule has 0 spiro atoms. The number of nitrogens with one attached hydrogen (secondary N) is 1. The largest absolute Gasteiger partial charge is 0.394 e. The molecule has 0 aliphatic carbocycles. The summed E-state index contributed by atoms with van der Waals surface area (Å²) in [6.07, 6.45) is -0.169. The predicted molar refractivity (Wildman–Crippen MR) is 109 cm³/mol. The number of aliphatic hydroxyl groups is 3. The highest BCUT2D eigenvalue weighted by atomic mass is 32.2. The first-order valence-electron chi connectivity index (χ1n) is 9.63. The molecule has 1 aromatic carbocycles. The molecule has 1 saturated heterocycles. The molecule has 2 aromatic heterocycles. The number of fused-ring (bicyclic) bond motifs is 2. The van der Waals surface area contributed by atoms with E-state index in [-0.39, 0.29) is 11.9 Å². The first kappa shape index (κ1) is 19.7. The van der Waals surface area contributed by atoms with E-state index in [1.165, 1.54) is 17.2 Å². The Labute approximate surface area is 176 Å². The summed E-state index contributed by atoms with van der Waals surface area (Å²) in [6.45, 7) is -0.456. The van der Waals surface area contributed by atoms with Crippen molar-refractivity contribution >= 4 is 28.7 Å². The molecule has 3 aromatic rings. The number of rotatable bonds is 4. The van der Waals surface area contributed by atoms with Gasteiger partial charge in [0, 0.05) is 10.9 Å². The lowest BCUT2D eigenvalue weighted by atomic mass is 10.0. The van der Waals surface area contributed by atoms with Crippen LogP contribution in [0.5, 0.6) is 0 Å². The standard InChI is InChI=1S/C19H22N6O4S/c20-17-14-18(22-8-21-17)25(9-23-14)19(16(28)15(27)12(7-26)29-19)24-11-5-6-30-13-4-2-1-3-10(11)13/h1-4,8-9,11-12,15-16,24,26-28H,5-7H2,(H2,20,21,22)/t11?,12-,15-,16-,19+/m1/s1. The van der Waals surface area contributed by atoms with E-state index in [1.54, 1.807) is 11.8 Å². The molecule has 5 rings (SSSR count). The number of ether oxygens (including phenoxy) is 1. The molecule has 5 atom stereocenters. The molecule has 10 nitrogen and oxygen atoms in total. The van der Waals surface area contributed by atoms with Crippen LogP contribution in [0.4, 0.5) is 5.82 Å². The summed E-state index contributed by atoms with van der Waals surface area (Å²) in [7, 11) is 0. The molecule has 0 radical (unpaired) electrons. The summed E-state index contributed by atoms with van der Waals surface area (Å²) in [6, 6.07) is 7.86. The van der Waals surface area contributed by atoms with Gasteiger partial charge in [0.25, 0.3) is 0 Å². The zero-order valence-electron chi connectivity index (χ0n) is 15.9. The summed E-state index contributed by atoms with van der Waals surface area (Å²) >= 11 is 1.77. The summed E-state index contributed by atoms with van der Waals surface area (Å²) in [4.78, 5) is 13.7. The first-order chi connectivity index (χ1) is 14.5. The minimum Gasteiger partial charge on any atom is -0.394 e. The van der Waals surface area contributed by atoms with E-state index < -0.39 is 30.8 Å². The fourth-order valence-corrected chi connectivity index (χ4v) is 5.30. The van der Waals surface area contributed by atoms with Crippen molar-refractivity contribution in [3.63, 3.8) is 0 Å². The third kappa shape index (κ3) is 2.89. The Hall–Kier alpha value is -2.28. The first-order valence-corrected chi connectivity index (χ1v) is 10.6. The lowest BCUT2D eigenvalue weighted by molar-refractivity contribution is -0.174. The van der Waals surface area contributed by atoms with Gasteiger partial charge in [-0.1, -0.05) is 18.2 Å². The van der Waals surface area contributed by atoms with Crippen LogP contribution >= 0.6 is 11.8 Å². The number of nitrogens with zero attached hydrogens (tertiary/aromatic N) is 4. The van der Waals surface area contributed by atoms with Gasteiger partial charge in [-0.25, -0.2) is 15.0 Å². The molecular weight excluding hydrogens is 408 g/mol. The number of thioether (sulfide) groups is 1. The molecule has 2 aliphatic heterocycles. The minimum absolute atomic E-state index is 0.168. The van der Waals surface area contributed by atoms with Crippen molar-refractivity contribution in [2.24, 2.45) is 0 Å². The van der Waals surface area contributed by atoms with Gasteiger partial charge < -0.3 is 25.8 Å². The van der Waals surface area contributed by atoms with Crippen molar-refractivity contribution < 1.29 is 20.1 Å². The van der Waals surface area contributed by atoms with Gasteiger partial charge >= 0.3 is 0 Å². The number of aliphatic hydroxyl groups excluding tert-OH is 3. The topological polar surface area (TPSA) is 152 Å². The van der Waals surface area contributed by atoms with E-state index in [2.05, 4.69) is 26.3 Å². The maximum Gasteiger partial charge on any atom is 0.234 e. The maximum absolute atomic E-state index is 11.1. The quantitative estimate of drug-likeness (QED) is 0.381. The maximum atomic E-state index is 11.1. The summed E-state index contributed by atoms with van der Waals surface area (Å²) in [5, 5.41) is 34.8. The van der Waals surface area contributed by atoms with Crippen molar-refractivity contribution in [1.29, 1.82) is 0 Å². The average Bonchev–Trinajstić information content (AvgIpc) is 3.31. The van der Waals surface area contributed by atoms with Crippen LogP contribution in [0.2, 0.25) is 0 Å². The Morgan fingerprint density at radius 2 is 2.10 bits per heavy atom. The van der Waals surface area contributed by atoms with E-state index in [9.17, 15) is 15.3 Å². The van der Waals surface area contributed by atoms with Gasteiger partial charge in [0.1, 0.15) is 36.5 Å². The van der Waals surface area contributed by atoms with Gasteiger partial charge in [0.2, 0.25) is 5.85 Å². The Morgan fingerprint density at radius 3 is 2.90 bits per heavy atom. The van der Waals surface area contributed by atoms with Crippen LogP contribution in [0.25, 0.3) is 11.2 Å². The summed E-state index contributed by atoms with van der Waals surface area (Å²) in [5.41, 5.74) is 7.71. The van der Waals surface area contributed by atoms with Crippen LogP contribution in [0, 0.1) is 0 Å². The number of nitrogen functional groups attached to an aromatic ring is 1. The van der Waals surface area contributed by atoms with Crippen LogP contribution < -0.4 is 11.1 Å². The molecule has 0 saturated carbocycles. The second-order valence-electron chi connectivity index (χ2n) is 7.39. The number of benzene rings is 1. The van der Waals surface area contributed by atoms with Crippen LogP contribution in [-0.2, 0) is 10.6 Å². The van der Waals surface area contributed by atoms with Crippen LogP contribution in [-0.4, -0.2) is 65.5 Å². The monoisotopic (exact) mass is 430 g/mol. The zero-order valence-corrected chi connectivity index (χ0v) is 16.7. The van der Waals surface area contributed by atoms with Gasteiger partial charge in [-0.05, 0) is 23.8 Å². The summed E-state index contributed by atoms with van der Waals surface area (Å²) < 4.78 is 7.61. The molecule has 1 fully saturated rings. The molecular formula is C19H22N6O4S. The van der Waals surface area contributed by atoms with E-state index in [0.717, 1.165) is 22.6 Å². The van der Waals surface area contributed by atoms with Crippen molar-refractivity contribution in [2.75, 3.05) is 18.1 Å². The molecule has 0 amide bonds. The SMILES string of the molecule is Nc1ncnc2c1ncn2[C@]1(NC2CCSc3ccccc32)O[C@H](CO)[C@@H](O)[C@H]1O. The number of anilines is 1. The fraction of sp³-hybridized carbons (Fsp3) is 0.421. The zero-order chi connectivity index (χ0) is 20.9. The van der Waals surface area contributed by atoms with Crippen molar-refractivity contribution in [1.82, 2.24) is 24.8 Å². The Morgan fingerprint density at radius 1 is 1.27 bits per heavy atom. The molecule has 4 heterocycles. The van der Waals surface area contributed by atoms with Gasteiger partial charge in [-0.15, -0.1) is 11.8 Å². The van der Waals surface area contributed by atoms with Crippen molar-refractivity contribution in [3.05, 3.63) is 42.5 Å². The number of nitrogens with two attached hydrogens (primary N) is 1. The second kappa shape index (κ2) is 7.45. The predicted octanol–water partition coefficient (Wildman–Crippen LogP) is -0.0416. The van der Waals surface area contributed by atoms with E-state index in [1.807, 2.05) is 18.2 Å². The third-order valence-corrected chi connectivity index (χ3v) is 6.80. The Balaban J connectivity index is 1.65. The number of hydrogen-bond acceptors (Lipinski definition) is 10. The van der Waals surface area contributed by atoms with E-state index in [0.29, 0.717) is 11.2 Å². The minimum atomic E-state index is -1.61. The Kier molecular flexibility index (Phi) is 4.88. The van der Waals surface area contributed by atoms with Gasteiger partial charge in [-0.3, -0.25) is 9.88 Å². The van der Waals surface area contributed by atoms with Gasteiger partial charge in [0.15, 0.2) is 11.5 Å². The lowest BCUT2D eigenvalue weighted by Crippen LogP contribution is -2.57. The van der Waals surface area contributed by atoms with Crippen molar-refractivity contribution in [3.8, 4) is 0 Å². The number of imidazole rings is 1. The molecule has 158 valence electrons. The van der Waals surface area contributed by atoms with Crippen molar-refractivity contribution in [2.45, 2.75) is 41.5 Å². The highest BCUT2D eigenvalue weighted by molar-refractivity contribution is 7.99. The number of aromatic nitrogens is 4. The van der Waals surface area contributed by atoms with Crippen LogP contribution in [0.15, 0.2) is 41.8 Å². The molecule has 30 heavy (non-hydrogen) atoms. The highest BCUT2D eigenvalue weighted by Crippen LogP contribution is 2.42. The molecule has 0 bridgehead atoms. The molecule has 6 N–H and O–H groups in total. The molecule has 2 aliphatic rings. The summed E-state index contributed by atoms with van der Waals surface area (Å²) in [5.74, 6) is -0.533. The van der Waals surface area contributed by atoms with Gasteiger partial charge in [-0.2, -0.15) is 0 Å². The fourth-order valence-electron chi connectivity index (χ4n) is 4.18. The third-order valence-electron chi connectivity index (χ3n) is 5.68. The molecule has 1 unspecified atom stereocenters. The molecule has 11 heteroatoms. The number of hydrogen-bond donors (Lipinski definition) is 5. The van der Waals surface area contributed by atoms with Gasteiger partial charge in [0.05, 0.1) is 6.61 Å². The lowest BCUT2D eigenvalue weighted by Gasteiger charge is -2.39. The second-order valence-corrected chi connectivity index (χ2v) is 8.53. The van der Waals surface area contributed by atoms with E-state index in [4.69, 9.17) is 10.5 Å². The Bertz CT molecular complexity index is 1080. The smallest absolute Gasteiger partial charge is 0.234 e.